The average molecular weight is 153 g/mol. The molecule has 56 valence electrons. The lowest BCUT2D eigenvalue weighted by Gasteiger charge is -1.78. The summed E-state index contributed by atoms with van der Waals surface area (Å²) in [6, 6.07) is 2.51. The molecule has 1 rings (SSSR count). The maximum absolute atomic E-state index is 10.0. The van der Waals surface area contributed by atoms with Gasteiger partial charge < -0.3 is 9.95 Å². The van der Waals surface area contributed by atoms with E-state index in [1.807, 2.05) is 0 Å². The van der Waals surface area contributed by atoms with E-state index in [0.717, 1.165) is 6.21 Å². The molecule has 0 saturated carbocycles. The molecule has 0 aliphatic heterocycles. The first-order valence-electron chi connectivity index (χ1n) is 2.65. The van der Waals surface area contributed by atoms with Gasteiger partial charge in [0.05, 0.1) is 6.07 Å². The second kappa shape index (κ2) is 2.76. The third-order valence-electron chi connectivity index (χ3n) is 0.978. The van der Waals surface area contributed by atoms with Crippen molar-refractivity contribution in [3.05, 3.63) is 33.5 Å². The molecule has 1 aromatic rings. The molecule has 1 heterocycles. The maximum Gasteiger partial charge on any atom is 0.433 e. The Labute approximate surface area is 60.8 Å². The van der Waals surface area contributed by atoms with Crippen LogP contribution in [0.25, 0.3) is 5.53 Å². The minimum atomic E-state index is -0.672. The van der Waals surface area contributed by atoms with Gasteiger partial charge in [0.15, 0.2) is 0 Å². The van der Waals surface area contributed by atoms with E-state index in [1.54, 1.807) is 0 Å². The largest absolute Gasteiger partial charge is 0.433 e. The van der Waals surface area contributed by atoms with Crippen LogP contribution in [0.2, 0.25) is 0 Å². The lowest BCUT2D eigenvalue weighted by atomic mass is 10.5. The van der Waals surface area contributed by atoms with E-state index in [0.29, 0.717) is 0 Å². The lowest BCUT2D eigenvalue weighted by molar-refractivity contribution is -0.402. The van der Waals surface area contributed by atoms with Crippen molar-refractivity contribution in [3.8, 4) is 0 Å². The van der Waals surface area contributed by atoms with Gasteiger partial charge >= 0.3 is 12.1 Å². The quantitative estimate of drug-likeness (QED) is 0.207. The molecule has 0 aliphatic rings. The number of hydrogen-bond donors (Lipinski definition) is 0. The third kappa shape index (κ3) is 1.50. The number of hydrogen-bond acceptors (Lipinski definition) is 3. The maximum atomic E-state index is 10.0. The van der Waals surface area contributed by atoms with Crippen LogP contribution in [0, 0.1) is 10.1 Å². The molecule has 0 fully saturated rings. The molecule has 6 nitrogen and oxygen atoms in total. The average Bonchev–Trinajstić information content (AvgIpc) is 2.37. The lowest BCUT2D eigenvalue weighted by Crippen LogP contribution is -1.83. The highest BCUT2D eigenvalue weighted by Gasteiger charge is 2.11. The first-order chi connectivity index (χ1) is 5.24. The Morgan fingerprint density at radius 3 is 2.91 bits per heavy atom. The van der Waals surface area contributed by atoms with Crippen molar-refractivity contribution in [2.24, 2.45) is 0 Å². The third-order valence-corrected chi connectivity index (χ3v) is 0.978. The van der Waals surface area contributed by atoms with Gasteiger partial charge in [0.25, 0.3) is 0 Å². The molecule has 0 aliphatic carbocycles. The van der Waals surface area contributed by atoms with Crippen LogP contribution in [0.3, 0.4) is 0 Å². The van der Waals surface area contributed by atoms with E-state index in [1.165, 1.54) is 12.1 Å². The Morgan fingerprint density at radius 1 is 1.73 bits per heavy atom. The van der Waals surface area contributed by atoms with Gasteiger partial charge in [0.2, 0.25) is 5.76 Å². The number of furan rings is 1. The molecule has 0 N–H and O–H groups in total. The molecule has 0 radical (unpaired) electrons. The van der Waals surface area contributed by atoms with Crippen LogP contribution in [-0.2, 0) is 0 Å². The van der Waals surface area contributed by atoms with Gasteiger partial charge in [-0.05, 0) is 6.07 Å². The van der Waals surface area contributed by atoms with E-state index in [2.05, 4.69) is 9.21 Å². The SMILES string of the molecule is [N-]=[N+]=Cc1ccc([N+](=O)[O-])o1. The van der Waals surface area contributed by atoms with Gasteiger partial charge in [0.1, 0.15) is 4.92 Å². The van der Waals surface area contributed by atoms with Gasteiger partial charge in [0, 0.05) is 0 Å². The number of rotatable bonds is 2. The van der Waals surface area contributed by atoms with Crippen molar-refractivity contribution in [2.75, 3.05) is 0 Å². The molecule has 1 aromatic heterocycles. The van der Waals surface area contributed by atoms with Crippen molar-refractivity contribution in [3.63, 3.8) is 0 Å². The van der Waals surface area contributed by atoms with Gasteiger partial charge in [-0.3, -0.25) is 10.1 Å². The predicted octanol–water partition coefficient (Wildman–Crippen LogP) is 0.836. The number of nitro groups is 1. The normalized spacial score (nSPS) is 8.73. The first-order valence-corrected chi connectivity index (χ1v) is 2.65. The van der Waals surface area contributed by atoms with Crippen LogP contribution in [-0.4, -0.2) is 15.9 Å². The molecule has 6 heteroatoms. The molecule has 0 amide bonds. The van der Waals surface area contributed by atoms with E-state index >= 15 is 0 Å². The highest BCUT2D eigenvalue weighted by atomic mass is 16.6. The summed E-state index contributed by atoms with van der Waals surface area (Å²) in [4.78, 5) is 12.0. The fourth-order valence-corrected chi connectivity index (χ4v) is 0.567. The summed E-state index contributed by atoms with van der Waals surface area (Å²) in [5.74, 6) is -0.237. The van der Waals surface area contributed by atoms with Crippen LogP contribution >= 0.6 is 0 Å². The summed E-state index contributed by atoms with van der Waals surface area (Å²) >= 11 is 0. The van der Waals surface area contributed by atoms with E-state index < -0.39 is 4.92 Å². The van der Waals surface area contributed by atoms with E-state index in [4.69, 9.17) is 5.53 Å². The van der Waals surface area contributed by atoms with Crippen molar-refractivity contribution < 1.29 is 14.1 Å². The minimum Gasteiger partial charge on any atom is -0.394 e. The summed E-state index contributed by atoms with van der Waals surface area (Å²) in [7, 11) is 0. The topological polar surface area (TPSA) is 92.7 Å². The molecule has 0 unspecified atom stereocenters. The summed E-state index contributed by atoms with van der Waals surface area (Å²) < 4.78 is 4.58. The van der Waals surface area contributed by atoms with E-state index in [9.17, 15) is 10.1 Å². The van der Waals surface area contributed by atoms with Gasteiger partial charge in [-0.2, -0.15) is 4.79 Å². The van der Waals surface area contributed by atoms with Crippen LogP contribution in [0.4, 0.5) is 5.88 Å². The highest BCUT2D eigenvalue weighted by molar-refractivity contribution is 5.71. The molecular formula is C5H3N3O3. The number of nitrogens with zero attached hydrogens (tertiary/aromatic N) is 3. The summed E-state index contributed by atoms with van der Waals surface area (Å²) in [6.07, 6.45) is 0.965. The Morgan fingerprint density at radius 2 is 2.45 bits per heavy atom. The molecular weight excluding hydrogens is 150 g/mol. The minimum absolute atomic E-state index is 0.138. The second-order valence-corrected chi connectivity index (χ2v) is 1.68. The Balaban J connectivity index is 2.99. The zero-order valence-electron chi connectivity index (χ0n) is 5.30. The zero-order valence-corrected chi connectivity index (χ0v) is 5.30. The summed E-state index contributed by atoms with van der Waals surface area (Å²) in [6.45, 7) is 0. The molecule has 0 atom stereocenters. The van der Waals surface area contributed by atoms with Crippen LogP contribution in [0.15, 0.2) is 16.5 Å². The van der Waals surface area contributed by atoms with Gasteiger partial charge in [-0.15, -0.1) is 0 Å². The molecule has 11 heavy (non-hydrogen) atoms. The first kappa shape index (κ1) is 7.17. The van der Waals surface area contributed by atoms with Crippen LogP contribution in [0.1, 0.15) is 5.76 Å². The van der Waals surface area contributed by atoms with Crippen molar-refractivity contribution in [2.45, 2.75) is 0 Å². The van der Waals surface area contributed by atoms with Gasteiger partial charge in [-0.25, -0.2) is 0 Å². The van der Waals surface area contributed by atoms with Gasteiger partial charge in [-0.1, -0.05) is 0 Å². The zero-order chi connectivity index (χ0) is 8.27. The fraction of sp³-hybridized carbons (Fsp3) is 0. The monoisotopic (exact) mass is 153 g/mol. The van der Waals surface area contributed by atoms with E-state index in [-0.39, 0.29) is 11.6 Å². The van der Waals surface area contributed by atoms with Crippen molar-refractivity contribution in [1.29, 1.82) is 0 Å². The summed E-state index contributed by atoms with van der Waals surface area (Å²) in [5, 5.41) is 10.0. The van der Waals surface area contributed by atoms with Crippen molar-refractivity contribution >= 4 is 12.1 Å². The van der Waals surface area contributed by atoms with Crippen LogP contribution < -0.4 is 0 Å². The molecule has 0 spiro atoms. The second-order valence-electron chi connectivity index (χ2n) is 1.68. The molecule has 0 saturated heterocycles. The standard InChI is InChI=1S/C5H3N3O3/c6-7-3-4-1-2-5(11-4)8(9)10/h1-3H. The highest BCUT2D eigenvalue weighted by Crippen LogP contribution is 2.13. The van der Waals surface area contributed by atoms with Crippen molar-refractivity contribution in [1.82, 2.24) is 0 Å². The Hall–Kier alpha value is -1.94. The molecule has 0 aromatic carbocycles. The van der Waals surface area contributed by atoms with Crippen LogP contribution in [0.5, 0.6) is 0 Å². The predicted molar refractivity (Wildman–Crippen MR) is 34.1 cm³/mol. The molecule has 0 bridgehead atoms. The Kier molecular flexibility index (Phi) is 1.80. The fourth-order valence-electron chi connectivity index (χ4n) is 0.567. The Bertz CT molecular complexity index is 307. The summed E-state index contributed by atoms with van der Waals surface area (Å²) in [5.41, 5.74) is 8.01. The smallest absolute Gasteiger partial charge is 0.394 e.